The molecule has 1 aliphatic carbocycles. The summed E-state index contributed by atoms with van der Waals surface area (Å²) in [5.41, 5.74) is 7.03. The van der Waals surface area contributed by atoms with Crippen molar-refractivity contribution >= 4 is 46.8 Å². The van der Waals surface area contributed by atoms with E-state index in [1.165, 1.54) is 16.4 Å². The number of alkyl carbamates (subject to hydrolysis) is 1. The summed E-state index contributed by atoms with van der Waals surface area (Å²) in [5.74, 6) is 0. The molecule has 0 unspecified atom stereocenters. The van der Waals surface area contributed by atoms with Gasteiger partial charge in [-0.15, -0.1) is 0 Å². The first-order chi connectivity index (χ1) is 18.9. The molecule has 224 valence electrons. The Balaban J connectivity index is 1.63. The second kappa shape index (κ2) is 11.0. The molecule has 0 radical (unpaired) electrons. The lowest BCUT2D eigenvalue weighted by atomic mass is 10.2. The fourth-order valence-electron chi connectivity index (χ4n) is 4.76. The average molecular weight is 602 g/mol. The van der Waals surface area contributed by atoms with Crippen LogP contribution in [0.25, 0.3) is 11.0 Å². The first-order valence-electron chi connectivity index (χ1n) is 13.9. The van der Waals surface area contributed by atoms with Gasteiger partial charge in [-0.05, 0) is 69.9 Å². The minimum absolute atomic E-state index is 0.0101. The van der Waals surface area contributed by atoms with Crippen molar-refractivity contribution in [2.45, 2.75) is 101 Å². The molecule has 0 saturated heterocycles. The van der Waals surface area contributed by atoms with Crippen LogP contribution in [0.15, 0.2) is 53.7 Å². The second-order valence-electron chi connectivity index (χ2n) is 13.2. The van der Waals surface area contributed by atoms with E-state index in [0.29, 0.717) is 29.6 Å². The van der Waals surface area contributed by atoms with Crippen LogP contribution in [-0.2, 0) is 19.2 Å². The lowest BCUT2D eigenvalue weighted by molar-refractivity contribution is 0.0457. The molecule has 4 N–H and O–H groups in total. The van der Waals surface area contributed by atoms with Crippen molar-refractivity contribution < 1.29 is 22.4 Å². The van der Waals surface area contributed by atoms with Gasteiger partial charge in [0.2, 0.25) is 0 Å². The number of nitrogen functional groups attached to an aromatic ring is 1. The van der Waals surface area contributed by atoms with Crippen LogP contribution < -0.4 is 16.4 Å². The molecule has 10 nitrogen and oxygen atoms in total. The zero-order valence-corrected chi connectivity index (χ0v) is 27.0. The number of pyridine rings is 1. The van der Waals surface area contributed by atoms with Crippen molar-refractivity contribution in [2.75, 3.05) is 11.1 Å². The van der Waals surface area contributed by atoms with Gasteiger partial charge < -0.3 is 25.5 Å². The van der Waals surface area contributed by atoms with Gasteiger partial charge in [-0.2, -0.15) is 0 Å². The van der Waals surface area contributed by atoms with Crippen molar-refractivity contribution in [1.29, 1.82) is 0 Å². The van der Waals surface area contributed by atoms with Gasteiger partial charge in [0.25, 0.3) is 10.0 Å². The number of benzene rings is 1. The molecule has 0 bridgehead atoms. The number of ether oxygens (including phenoxy) is 1. The van der Waals surface area contributed by atoms with E-state index in [4.69, 9.17) is 14.9 Å². The molecule has 2 heterocycles. The van der Waals surface area contributed by atoms with Crippen LogP contribution in [0, 0.1) is 0 Å². The molecule has 0 spiro atoms. The molecule has 1 aromatic carbocycles. The highest BCUT2D eigenvalue weighted by molar-refractivity contribution is 7.90. The third-order valence-electron chi connectivity index (χ3n) is 7.82. The number of nitrogens with zero attached hydrogens (tertiary/aromatic N) is 2. The lowest BCUT2D eigenvalue weighted by Gasteiger charge is -2.40. The summed E-state index contributed by atoms with van der Waals surface area (Å²) >= 11 is 0. The maximum atomic E-state index is 13.4. The van der Waals surface area contributed by atoms with E-state index in [0.717, 1.165) is 0 Å². The quantitative estimate of drug-likeness (QED) is 0.293. The number of anilines is 2. The van der Waals surface area contributed by atoms with E-state index in [2.05, 4.69) is 49.5 Å². The van der Waals surface area contributed by atoms with Crippen LogP contribution in [0.3, 0.4) is 0 Å². The summed E-state index contributed by atoms with van der Waals surface area (Å²) in [5, 5.41) is 7.15. The minimum Gasteiger partial charge on any atom is -0.444 e. The fraction of sp³-hybridized carbons (Fsp3) is 0.517. The standard InChI is InChI=1S/C29H43N5O5SSi/c1-28(2,3)38-27(35)33-23-16-19(17-24(23)39-41(7,8)29(4,5)6)32-25-21-14-15-34(26(21)31-18-22(25)30)40(36,37)20-12-10-9-11-13-20/h9-15,18-19,23-24H,16-17,30H2,1-8H3,(H,31,32)(H,33,35)/t19-,23-,24+/m0/s1. The number of carbonyl (C=O) groups excluding carboxylic acids is 1. The molecule has 1 aliphatic rings. The number of amides is 1. The molecule has 1 amide bonds. The van der Waals surface area contributed by atoms with Crippen LogP contribution >= 0.6 is 0 Å². The topological polar surface area (TPSA) is 138 Å². The Morgan fingerprint density at radius 2 is 1.73 bits per heavy atom. The molecule has 41 heavy (non-hydrogen) atoms. The predicted molar refractivity (Wildman–Crippen MR) is 165 cm³/mol. The monoisotopic (exact) mass is 601 g/mol. The Hall–Kier alpha value is -3.09. The number of nitrogens with two attached hydrogens (primary N) is 1. The number of nitrogens with one attached hydrogen (secondary N) is 2. The van der Waals surface area contributed by atoms with Crippen molar-refractivity contribution in [1.82, 2.24) is 14.3 Å². The number of carbonyl (C=O) groups is 1. The third-order valence-corrected chi connectivity index (χ3v) is 14.0. The molecule has 1 saturated carbocycles. The van der Waals surface area contributed by atoms with Gasteiger partial charge in [-0.25, -0.2) is 22.2 Å². The van der Waals surface area contributed by atoms with E-state index in [1.807, 2.05) is 20.8 Å². The summed E-state index contributed by atoms with van der Waals surface area (Å²) in [6.07, 6.45) is 3.44. The Morgan fingerprint density at radius 3 is 2.34 bits per heavy atom. The molecule has 0 aliphatic heterocycles. The summed E-state index contributed by atoms with van der Waals surface area (Å²) in [6, 6.07) is 9.55. The molecule has 3 atom stereocenters. The smallest absolute Gasteiger partial charge is 0.407 e. The molecule has 3 aromatic rings. The number of hydrogen-bond acceptors (Lipinski definition) is 8. The Bertz CT molecular complexity index is 1510. The van der Waals surface area contributed by atoms with Crippen LogP contribution in [0.5, 0.6) is 0 Å². The van der Waals surface area contributed by atoms with Crippen LogP contribution in [-0.4, -0.2) is 55.6 Å². The van der Waals surface area contributed by atoms with Gasteiger partial charge in [0.1, 0.15) is 5.60 Å². The highest BCUT2D eigenvalue weighted by atomic mass is 32.2. The predicted octanol–water partition coefficient (Wildman–Crippen LogP) is 5.71. The molecule has 2 aromatic heterocycles. The summed E-state index contributed by atoms with van der Waals surface area (Å²) in [7, 11) is -6.01. The normalized spacial score (nSPS) is 20.2. The van der Waals surface area contributed by atoms with Crippen molar-refractivity contribution in [3.8, 4) is 0 Å². The number of hydrogen-bond donors (Lipinski definition) is 3. The average Bonchev–Trinajstić information content (AvgIpc) is 3.43. The highest BCUT2D eigenvalue weighted by Crippen LogP contribution is 2.41. The summed E-state index contributed by atoms with van der Waals surface area (Å²) in [6.45, 7) is 16.4. The first kappa shape index (κ1) is 30.9. The minimum atomic E-state index is -3.85. The van der Waals surface area contributed by atoms with Gasteiger partial charge in [0.15, 0.2) is 14.0 Å². The van der Waals surface area contributed by atoms with Crippen molar-refractivity contribution in [3.63, 3.8) is 0 Å². The first-order valence-corrected chi connectivity index (χ1v) is 18.2. The molecule has 4 rings (SSSR count). The van der Waals surface area contributed by atoms with Gasteiger partial charge in [0.05, 0.1) is 34.6 Å². The van der Waals surface area contributed by atoms with E-state index in [1.54, 1.807) is 36.4 Å². The SMILES string of the molecule is CC(C)(C)OC(=O)N[C@H]1C[C@H](Nc2c(N)cnc3c2ccn3S(=O)(=O)c2ccccc2)C[C@H]1O[Si](C)(C)C(C)(C)C. The number of aromatic nitrogens is 2. The zero-order chi connectivity index (χ0) is 30.4. The van der Waals surface area contributed by atoms with Gasteiger partial charge in [-0.1, -0.05) is 39.0 Å². The van der Waals surface area contributed by atoms with Crippen LogP contribution in [0.2, 0.25) is 18.1 Å². The van der Waals surface area contributed by atoms with Gasteiger partial charge in [-0.3, -0.25) is 0 Å². The number of fused-ring (bicyclic) bond motifs is 1. The van der Waals surface area contributed by atoms with Crippen LogP contribution in [0.4, 0.5) is 16.2 Å². The van der Waals surface area contributed by atoms with Gasteiger partial charge in [0, 0.05) is 17.6 Å². The van der Waals surface area contributed by atoms with Crippen molar-refractivity contribution in [2.24, 2.45) is 0 Å². The van der Waals surface area contributed by atoms with E-state index < -0.39 is 30.0 Å². The maximum absolute atomic E-state index is 13.4. The van der Waals surface area contributed by atoms with Crippen molar-refractivity contribution in [3.05, 3.63) is 48.8 Å². The second-order valence-corrected chi connectivity index (χ2v) is 19.8. The molecular formula is C29H43N5O5SSi. The Kier molecular flexibility index (Phi) is 8.24. The molecular weight excluding hydrogens is 559 g/mol. The largest absolute Gasteiger partial charge is 0.444 e. The van der Waals surface area contributed by atoms with E-state index in [-0.39, 0.29) is 33.8 Å². The lowest BCUT2D eigenvalue weighted by Crippen LogP contribution is -2.50. The Labute approximate surface area is 244 Å². The summed E-state index contributed by atoms with van der Waals surface area (Å²) < 4.78 is 40.2. The zero-order valence-electron chi connectivity index (χ0n) is 25.2. The molecule has 12 heteroatoms. The Morgan fingerprint density at radius 1 is 1.07 bits per heavy atom. The number of rotatable bonds is 7. The van der Waals surface area contributed by atoms with Gasteiger partial charge >= 0.3 is 6.09 Å². The maximum Gasteiger partial charge on any atom is 0.407 e. The van der Waals surface area contributed by atoms with Crippen LogP contribution in [0.1, 0.15) is 54.4 Å². The fourth-order valence-corrected chi connectivity index (χ4v) is 7.45. The van der Waals surface area contributed by atoms with E-state index >= 15 is 0 Å². The highest BCUT2D eigenvalue weighted by Gasteiger charge is 2.45. The third kappa shape index (κ3) is 6.70. The molecule has 1 fully saturated rings. The summed E-state index contributed by atoms with van der Waals surface area (Å²) in [4.78, 5) is 17.3. The van der Waals surface area contributed by atoms with E-state index in [9.17, 15) is 13.2 Å².